The van der Waals surface area contributed by atoms with Crippen LogP contribution in [0.15, 0.2) is 29.2 Å². The van der Waals surface area contributed by atoms with E-state index in [0.29, 0.717) is 26.2 Å². The number of hydrogen-bond donors (Lipinski definition) is 0. The average Bonchev–Trinajstić information content (AvgIpc) is 2.78. The van der Waals surface area contributed by atoms with Crippen molar-refractivity contribution < 1.29 is 32.3 Å². The molecule has 3 unspecified atom stereocenters. The largest absolute Gasteiger partial charge is 0.449 e. The van der Waals surface area contributed by atoms with Gasteiger partial charge >= 0.3 is 5.97 Å². The van der Waals surface area contributed by atoms with Gasteiger partial charge in [0.05, 0.1) is 22.7 Å². The standard InChI is InChI=1S/C22H31N3O7S/c1-15-13-24(14-16(2)31-15)21(27)17(3)32-22(28)19-6-5-7-20(12-19)33(29,30)25-10-8-23(9-11-25)18(4)26/h5-7,12,15-17H,8-11,13-14H2,1-4H3. The number of nitrogens with zero attached hydrogens (tertiary/aromatic N) is 3. The quantitative estimate of drug-likeness (QED) is 0.570. The van der Waals surface area contributed by atoms with Crippen LogP contribution in [0, 0.1) is 0 Å². The molecule has 2 heterocycles. The fourth-order valence-corrected chi connectivity index (χ4v) is 5.54. The van der Waals surface area contributed by atoms with Gasteiger partial charge in [-0.2, -0.15) is 4.31 Å². The number of benzene rings is 1. The molecule has 0 N–H and O–H groups in total. The Kier molecular flexibility index (Phi) is 7.76. The van der Waals surface area contributed by atoms with Crippen LogP contribution < -0.4 is 0 Å². The Labute approximate surface area is 194 Å². The normalized spacial score (nSPS) is 23.2. The summed E-state index contributed by atoms with van der Waals surface area (Å²) in [5.41, 5.74) is 0.0433. The van der Waals surface area contributed by atoms with Gasteiger partial charge in [-0.15, -0.1) is 0 Å². The third-order valence-corrected chi connectivity index (χ3v) is 7.65. The monoisotopic (exact) mass is 481 g/mol. The highest BCUT2D eigenvalue weighted by molar-refractivity contribution is 7.89. The van der Waals surface area contributed by atoms with Gasteiger partial charge in [-0.3, -0.25) is 9.59 Å². The zero-order chi connectivity index (χ0) is 24.3. The highest BCUT2D eigenvalue weighted by Crippen LogP contribution is 2.20. The van der Waals surface area contributed by atoms with Crippen molar-refractivity contribution in [3.63, 3.8) is 0 Å². The van der Waals surface area contributed by atoms with E-state index in [2.05, 4.69) is 0 Å². The summed E-state index contributed by atoms with van der Waals surface area (Å²) in [6.45, 7) is 8.51. The molecule has 2 amide bonds. The molecule has 1 aromatic rings. The molecule has 2 saturated heterocycles. The van der Waals surface area contributed by atoms with E-state index in [1.54, 1.807) is 9.80 Å². The Morgan fingerprint density at radius 3 is 2.21 bits per heavy atom. The predicted molar refractivity (Wildman–Crippen MR) is 119 cm³/mol. The van der Waals surface area contributed by atoms with Crippen LogP contribution in [0.3, 0.4) is 0 Å². The zero-order valence-electron chi connectivity index (χ0n) is 19.4. The molecule has 2 aliphatic rings. The Hall–Kier alpha value is -2.50. The lowest BCUT2D eigenvalue weighted by Gasteiger charge is -2.36. The zero-order valence-corrected chi connectivity index (χ0v) is 20.2. The van der Waals surface area contributed by atoms with Crippen LogP contribution in [-0.4, -0.2) is 97.9 Å². The van der Waals surface area contributed by atoms with Gasteiger partial charge in [0.15, 0.2) is 6.10 Å². The van der Waals surface area contributed by atoms with E-state index in [1.807, 2.05) is 13.8 Å². The van der Waals surface area contributed by atoms with Crippen molar-refractivity contribution in [3.8, 4) is 0 Å². The van der Waals surface area contributed by atoms with Crippen LogP contribution >= 0.6 is 0 Å². The first-order valence-electron chi connectivity index (χ1n) is 11.0. The SMILES string of the molecule is CC(=O)N1CCN(S(=O)(=O)c2cccc(C(=O)OC(C)C(=O)N3CC(C)OC(C)C3)c2)CC1. The second-order valence-electron chi connectivity index (χ2n) is 8.49. The Morgan fingerprint density at radius 2 is 1.64 bits per heavy atom. The summed E-state index contributed by atoms with van der Waals surface area (Å²) < 4.78 is 38.3. The number of rotatable bonds is 5. The molecule has 0 spiro atoms. The van der Waals surface area contributed by atoms with Crippen molar-refractivity contribution in [3.05, 3.63) is 29.8 Å². The molecular weight excluding hydrogens is 450 g/mol. The molecule has 10 nitrogen and oxygen atoms in total. The van der Waals surface area contributed by atoms with Crippen LogP contribution in [0.4, 0.5) is 0 Å². The van der Waals surface area contributed by atoms with Gasteiger partial charge < -0.3 is 19.3 Å². The third-order valence-electron chi connectivity index (χ3n) is 5.75. The van der Waals surface area contributed by atoms with E-state index in [4.69, 9.17) is 9.47 Å². The minimum atomic E-state index is -3.84. The molecule has 33 heavy (non-hydrogen) atoms. The number of ether oxygens (including phenoxy) is 2. The Bertz CT molecular complexity index is 995. The Balaban J connectivity index is 1.66. The number of morpholine rings is 1. The van der Waals surface area contributed by atoms with Crippen LogP contribution in [0.2, 0.25) is 0 Å². The maximum absolute atomic E-state index is 13.0. The molecule has 0 saturated carbocycles. The molecule has 1 aromatic carbocycles. The maximum Gasteiger partial charge on any atom is 0.338 e. The Morgan fingerprint density at radius 1 is 1.03 bits per heavy atom. The van der Waals surface area contributed by atoms with Gasteiger partial charge in [-0.1, -0.05) is 6.07 Å². The van der Waals surface area contributed by atoms with Gasteiger partial charge in [0, 0.05) is 46.2 Å². The van der Waals surface area contributed by atoms with Gasteiger partial charge in [0.1, 0.15) is 0 Å². The van der Waals surface area contributed by atoms with Gasteiger partial charge in [0.2, 0.25) is 15.9 Å². The summed E-state index contributed by atoms with van der Waals surface area (Å²) in [7, 11) is -3.84. The first-order valence-corrected chi connectivity index (χ1v) is 12.4. The van der Waals surface area contributed by atoms with Crippen molar-refractivity contribution >= 4 is 27.8 Å². The number of hydrogen-bond acceptors (Lipinski definition) is 7. The second kappa shape index (κ2) is 10.2. The van der Waals surface area contributed by atoms with Gasteiger partial charge in [0.25, 0.3) is 5.91 Å². The fraction of sp³-hybridized carbons (Fsp3) is 0.591. The van der Waals surface area contributed by atoms with Crippen LogP contribution in [0.5, 0.6) is 0 Å². The van der Waals surface area contributed by atoms with E-state index in [-0.39, 0.29) is 47.6 Å². The number of esters is 1. The van der Waals surface area contributed by atoms with Gasteiger partial charge in [-0.25, -0.2) is 13.2 Å². The van der Waals surface area contributed by atoms with Crippen LogP contribution in [0.25, 0.3) is 0 Å². The summed E-state index contributed by atoms with van der Waals surface area (Å²) in [6, 6.07) is 5.58. The third kappa shape index (κ3) is 5.90. The lowest BCUT2D eigenvalue weighted by Crippen LogP contribution is -2.51. The molecule has 3 atom stereocenters. The highest BCUT2D eigenvalue weighted by Gasteiger charge is 2.32. The lowest BCUT2D eigenvalue weighted by atomic mass is 10.2. The molecule has 0 aliphatic carbocycles. The van der Waals surface area contributed by atoms with Crippen molar-refractivity contribution in [2.75, 3.05) is 39.3 Å². The number of piperazine rings is 1. The predicted octanol–water partition coefficient (Wildman–Crippen LogP) is 0.721. The topological polar surface area (TPSA) is 114 Å². The number of carbonyl (C=O) groups excluding carboxylic acids is 3. The van der Waals surface area contributed by atoms with Crippen molar-refractivity contribution in [1.82, 2.24) is 14.1 Å². The summed E-state index contributed by atoms with van der Waals surface area (Å²) in [4.78, 5) is 40.0. The molecule has 0 bridgehead atoms. The summed E-state index contributed by atoms with van der Waals surface area (Å²) >= 11 is 0. The second-order valence-corrected chi connectivity index (χ2v) is 10.4. The molecule has 182 valence electrons. The van der Waals surface area contributed by atoms with Crippen LogP contribution in [0.1, 0.15) is 38.1 Å². The minimum absolute atomic E-state index is 0.0389. The molecule has 0 radical (unpaired) electrons. The van der Waals surface area contributed by atoms with E-state index >= 15 is 0 Å². The van der Waals surface area contributed by atoms with E-state index in [9.17, 15) is 22.8 Å². The summed E-state index contributed by atoms with van der Waals surface area (Å²) in [5.74, 6) is -1.19. The van der Waals surface area contributed by atoms with Gasteiger partial charge in [-0.05, 0) is 39.0 Å². The smallest absolute Gasteiger partial charge is 0.338 e. The number of carbonyl (C=O) groups is 3. The minimum Gasteiger partial charge on any atom is -0.449 e. The molecule has 3 rings (SSSR count). The van der Waals surface area contributed by atoms with Crippen molar-refractivity contribution in [1.29, 1.82) is 0 Å². The summed E-state index contributed by atoms with van der Waals surface area (Å²) in [6.07, 6.45) is -1.24. The lowest BCUT2D eigenvalue weighted by molar-refractivity contribution is -0.151. The molecule has 2 aliphatic heterocycles. The molecular formula is C22H31N3O7S. The highest BCUT2D eigenvalue weighted by atomic mass is 32.2. The average molecular weight is 482 g/mol. The van der Waals surface area contributed by atoms with Crippen molar-refractivity contribution in [2.24, 2.45) is 0 Å². The van der Waals surface area contributed by atoms with E-state index in [1.165, 1.54) is 42.4 Å². The molecule has 0 aromatic heterocycles. The first-order chi connectivity index (χ1) is 15.5. The summed E-state index contributed by atoms with van der Waals surface area (Å²) in [5, 5.41) is 0. The fourth-order valence-electron chi connectivity index (χ4n) is 4.07. The van der Waals surface area contributed by atoms with Crippen molar-refractivity contribution in [2.45, 2.75) is 50.9 Å². The van der Waals surface area contributed by atoms with Crippen LogP contribution in [-0.2, 0) is 29.1 Å². The maximum atomic E-state index is 13.0. The first kappa shape index (κ1) is 25.1. The number of sulfonamides is 1. The number of amides is 2. The van der Waals surface area contributed by atoms with E-state index < -0.39 is 22.1 Å². The van der Waals surface area contributed by atoms with E-state index in [0.717, 1.165) is 0 Å². The molecule has 11 heteroatoms. The molecule has 2 fully saturated rings.